The fraction of sp³-hybridized carbons (Fsp3) is 0.389. The van der Waals surface area contributed by atoms with E-state index in [0.717, 1.165) is 37.4 Å². The third-order valence-corrected chi connectivity index (χ3v) is 5.67. The van der Waals surface area contributed by atoms with Crippen molar-refractivity contribution in [2.75, 3.05) is 38.1 Å². The molecule has 1 aromatic heterocycles. The van der Waals surface area contributed by atoms with Crippen molar-refractivity contribution in [2.24, 2.45) is 0 Å². The number of hydrogen-bond donors (Lipinski definition) is 1. The number of piperazine rings is 1. The summed E-state index contributed by atoms with van der Waals surface area (Å²) in [5.41, 5.74) is 1.77. The van der Waals surface area contributed by atoms with Crippen LogP contribution in [-0.2, 0) is 0 Å². The van der Waals surface area contributed by atoms with Crippen LogP contribution in [0, 0.1) is 5.82 Å². The third kappa shape index (κ3) is 4.32. The summed E-state index contributed by atoms with van der Waals surface area (Å²) < 4.78 is 14.4. The second-order valence-electron chi connectivity index (χ2n) is 6.29. The first-order valence-electron chi connectivity index (χ1n) is 8.23. The first-order valence-corrected chi connectivity index (χ1v) is 9.42. The number of benzene rings is 1. The van der Waals surface area contributed by atoms with Gasteiger partial charge in [0.2, 0.25) is 0 Å². The number of thiophene rings is 1. The van der Waals surface area contributed by atoms with Crippen LogP contribution in [0.3, 0.4) is 0 Å². The van der Waals surface area contributed by atoms with E-state index in [1.54, 1.807) is 18.2 Å². The van der Waals surface area contributed by atoms with Gasteiger partial charge in [-0.2, -0.15) is 0 Å². The Morgan fingerprint density at radius 2 is 1.96 bits per heavy atom. The number of likely N-dealkylation sites (N-methyl/N-ethyl adjacent to an activating group) is 1. The zero-order valence-corrected chi connectivity index (χ0v) is 15.8. The van der Waals surface area contributed by atoms with Crippen molar-refractivity contribution >= 4 is 34.5 Å². The molecule has 2 heterocycles. The number of hydrogen-bond acceptors (Lipinski definition) is 4. The van der Waals surface area contributed by atoms with Crippen LogP contribution < -0.4 is 10.2 Å². The molecular formula is C18H21ClFN3OS. The monoisotopic (exact) mass is 381 g/mol. The third-order valence-electron chi connectivity index (χ3n) is 4.44. The average Bonchev–Trinajstić information content (AvgIpc) is 3.02. The molecule has 0 saturated carbocycles. The molecule has 0 bridgehead atoms. The Morgan fingerprint density at radius 1 is 1.24 bits per heavy atom. The largest absolute Gasteiger partial charge is 0.369 e. The van der Waals surface area contributed by atoms with E-state index < -0.39 is 0 Å². The van der Waals surface area contributed by atoms with Crippen molar-refractivity contribution in [3.8, 4) is 0 Å². The van der Waals surface area contributed by atoms with E-state index in [2.05, 4.69) is 22.2 Å². The summed E-state index contributed by atoms with van der Waals surface area (Å²) in [6.45, 7) is 5.57. The van der Waals surface area contributed by atoms with Gasteiger partial charge in [-0.1, -0.05) is 11.6 Å². The molecule has 134 valence electrons. The number of anilines is 1. The van der Waals surface area contributed by atoms with E-state index in [9.17, 15) is 9.18 Å². The number of carbonyl (C=O) groups is 1. The van der Waals surface area contributed by atoms with Gasteiger partial charge in [0.25, 0.3) is 5.91 Å². The number of halogens is 2. The minimum absolute atomic E-state index is 0.196. The molecule has 1 fully saturated rings. The van der Waals surface area contributed by atoms with Gasteiger partial charge in [0.1, 0.15) is 5.82 Å². The van der Waals surface area contributed by atoms with Gasteiger partial charge in [0.15, 0.2) is 0 Å². The zero-order chi connectivity index (χ0) is 18.0. The molecule has 1 atom stereocenters. The molecule has 2 aromatic rings. The van der Waals surface area contributed by atoms with Gasteiger partial charge in [0, 0.05) is 37.4 Å². The molecule has 1 aromatic carbocycles. The predicted octanol–water partition coefficient (Wildman–Crippen LogP) is 3.78. The standard InChI is InChI=1S/C18H21ClFN3OS/c1-12(21-18(24)16-5-6-17(19)25-16)14-11-13(20)3-4-15(14)23-9-7-22(2)8-10-23/h3-6,11-12H,7-10H2,1-2H3,(H,21,24). The molecule has 1 N–H and O–H groups in total. The Hall–Kier alpha value is -1.63. The second kappa shape index (κ2) is 7.72. The molecule has 1 aliphatic heterocycles. The van der Waals surface area contributed by atoms with Crippen LogP contribution in [0.1, 0.15) is 28.2 Å². The Labute approximate surface area is 156 Å². The summed E-state index contributed by atoms with van der Waals surface area (Å²) in [5, 5.41) is 2.95. The van der Waals surface area contributed by atoms with Gasteiger partial charge in [-0.05, 0) is 44.3 Å². The maximum absolute atomic E-state index is 13.8. The minimum Gasteiger partial charge on any atom is -0.369 e. The van der Waals surface area contributed by atoms with Gasteiger partial charge >= 0.3 is 0 Å². The van der Waals surface area contributed by atoms with Crippen molar-refractivity contribution in [1.29, 1.82) is 0 Å². The molecule has 1 unspecified atom stereocenters. The molecule has 1 amide bonds. The second-order valence-corrected chi connectivity index (χ2v) is 8.01. The topological polar surface area (TPSA) is 35.6 Å². The SMILES string of the molecule is CC(NC(=O)c1ccc(Cl)s1)c1cc(F)ccc1N1CCN(C)CC1. The normalized spacial score (nSPS) is 16.7. The lowest BCUT2D eigenvalue weighted by Crippen LogP contribution is -2.45. The molecular weight excluding hydrogens is 361 g/mol. The Balaban J connectivity index is 1.80. The summed E-state index contributed by atoms with van der Waals surface area (Å²) in [6, 6.07) is 7.88. The molecule has 0 radical (unpaired) electrons. The molecule has 0 spiro atoms. The Kier molecular flexibility index (Phi) is 5.61. The fourth-order valence-corrected chi connectivity index (χ4v) is 3.94. The van der Waals surface area contributed by atoms with Crippen LogP contribution in [-0.4, -0.2) is 44.0 Å². The Bertz CT molecular complexity index is 759. The molecule has 1 aliphatic rings. The average molecular weight is 382 g/mol. The quantitative estimate of drug-likeness (QED) is 0.875. The summed E-state index contributed by atoms with van der Waals surface area (Å²) in [6.07, 6.45) is 0. The first kappa shape index (κ1) is 18.2. The molecule has 25 heavy (non-hydrogen) atoms. The number of nitrogens with one attached hydrogen (secondary N) is 1. The van der Waals surface area contributed by atoms with E-state index in [0.29, 0.717) is 9.21 Å². The summed E-state index contributed by atoms with van der Waals surface area (Å²) in [7, 11) is 2.10. The van der Waals surface area contributed by atoms with Crippen LogP contribution >= 0.6 is 22.9 Å². The van der Waals surface area contributed by atoms with Gasteiger partial charge in [0.05, 0.1) is 15.3 Å². The van der Waals surface area contributed by atoms with Gasteiger partial charge in [-0.25, -0.2) is 4.39 Å². The highest BCUT2D eigenvalue weighted by molar-refractivity contribution is 7.18. The first-order chi connectivity index (χ1) is 11.9. The smallest absolute Gasteiger partial charge is 0.261 e. The molecule has 7 heteroatoms. The minimum atomic E-state index is -0.307. The summed E-state index contributed by atoms with van der Waals surface area (Å²) >= 11 is 7.13. The Morgan fingerprint density at radius 3 is 2.60 bits per heavy atom. The van der Waals surface area contributed by atoms with E-state index in [1.807, 2.05) is 6.92 Å². The van der Waals surface area contributed by atoms with Crippen molar-refractivity contribution < 1.29 is 9.18 Å². The lowest BCUT2D eigenvalue weighted by Gasteiger charge is -2.36. The van der Waals surface area contributed by atoms with Gasteiger partial charge in [-0.3, -0.25) is 4.79 Å². The maximum Gasteiger partial charge on any atom is 0.261 e. The highest BCUT2D eigenvalue weighted by Gasteiger charge is 2.21. The number of rotatable bonds is 4. The fourth-order valence-electron chi connectivity index (χ4n) is 2.99. The van der Waals surface area contributed by atoms with E-state index >= 15 is 0 Å². The lowest BCUT2D eigenvalue weighted by molar-refractivity contribution is 0.0944. The number of nitrogens with zero attached hydrogens (tertiary/aromatic N) is 2. The van der Waals surface area contributed by atoms with Crippen LogP contribution in [0.4, 0.5) is 10.1 Å². The number of carbonyl (C=O) groups excluding carboxylic acids is 1. The van der Waals surface area contributed by atoms with Crippen molar-refractivity contribution in [2.45, 2.75) is 13.0 Å². The molecule has 4 nitrogen and oxygen atoms in total. The van der Waals surface area contributed by atoms with Gasteiger partial charge in [-0.15, -0.1) is 11.3 Å². The molecule has 1 saturated heterocycles. The van der Waals surface area contributed by atoms with Crippen molar-refractivity contribution in [3.05, 3.63) is 50.9 Å². The van der Waals surface area contributed by atoms with Crippen molar-refractivity contribution in [3.63, 3.8) is 0 Å². The molecule has 0 aliphatic carbocycles. The molecule has 3 rings (SSSR count). The van der Waals surface area contributed by atoms with Crippen LogP contribution in [0.5, 0.6) is 0 Å². The zero-order valence-electron chi connectivity index (χ0n) is 14.3. The van der Waals surface area contributed by atoms with E-state index in [4.69, 9.17) is 11.6 Å². The maximum atomic E-state index is 13.8. The highest BCUT2D eigenvalue weighted by atomic mass is 35.5. The van der Waals surface area contributed by atoms with E-state index in [-0.39, 0.29) is 17.8 Å². The van der Waals surface area contributed by atoms with Crippen LogP contribution in [0.25, 0.3) is 0 Å². The predicted molar refractivity (Wildman–Crippen MR) is 101 cm³/mol. The van der Waals surface area contributed by atoms with Crippen LogP contribution in [0.2, 0.25) is 4.34 Å². The van der Waals surface area contributed by atoms with Crippen molar-refractivity contribution in [1.82, 2.24) is 10.2 Å². The lowest BCUT2D eigenvalue weighted by atomic mass is 10.0. The highest BCUT2D eigenvalue weighted by Crippen LogP contribution is 2.29. The summed E-state index contributed by atoms with van der Waals surface area (Å²) in [4.78, 5) is 17.5. The number of amides is 1. The van der Waals surface area contributed by atoms with E-state index in [1.165, 1.54) is 23.5 Å². The van der Waals surface area contributed by atoms with Gasteiger partial charge < -0.3 is 15.1 Å². The van der Waals surface area contributed by atoms with Crippen LogP contribution in [0.15, 0.2) is 30.3 Å². The summed E-state index contributed by atoms with van der Waals surface area (Å²) in [5.74, 6) is -0.494.